The zero-order valence-corrected chi connectivity index (χ0v) is 7.86. The van der Waals surface area contributed by atoms with Gasteiger partial charge in [-0.05, 0) is 19.3 Å². The second-order valence-electron chi connectivity index (χ2n) is 3.42. The molecule has 0 aliphatic carbocycles. The molecule has 2 atom stereocenters. The van der Waals surface area contributed by atoms with Gasteiger partial charge in [-0.15, -0.1) is 5.10 Å². The molecule has 12 heavy (non-hydrogen) atoms. The molecule has 68 valence electrons. The summed E-state index contributed by atoms with van der Waals surface area (Å²) in [7, 11) is 1.87. The molecule has 4 nitrogen and oxygen atoms in total. The summed E-state index contributed by atoms with van der Waals surface area (Å²) in [5.41, 5.74) is 6.75. The maximum Gasteiger partial charge on any atom is 0.0830 e. The predicted octanol–water partition coefficient (Wildman–Crippen LogP) is 0.341. The Kier molecular flexibility index (Phi) is 2.81. The molecule has 0 saturated heterocycles. The average Bonchev–Trinajstić information content (AvgIpc) is 2.35. The third kappa shape index (κ3) is 2.30. The van der Waals surface area contributed by atoms with E-state index in [1.54, 1.807) is 4.68 Å². The lowest BCUT2D eigenvalue weighted by molar-refractivity contribution is 0.476. The smallest absolute Gasteiger partial charge is 0.0830 e. The van der Waals surface area contributed by atoms with Crippen LogP contribution in [0.15, 0.2) is 6.20 Å². The third-order valence-electron chi connectivity index (χ3n) is 2.08. The maximum atomic E-state index is 5.74. The fraction of sp³-hybridized carbons (Fsp3) is 0.750. The second-order valence-corrected chi connectivity index (χ2v) is 3.42. The molecule has 1 aromatic rings. The van der Waals surface area contributed by atoms with Crippen molar-refractivity contribution in [3.63, 3.8) is 0 Å². The van der Waals surface area contributed by atoms with E-state index in [0.717, 1.165) is 12.1 Å². The van der Waals surface area contributed by atoms with Crippen molar-refractivity contribution in [3.8, 4) is 0 Å². The Hall–Kier alpha value is -0.900. The summed E-state index contributed by atoms with van der Waals surface area (Å²) in [5.74, 6) is 0.460. The van der Waals surface area contributed by atoms with Crippen LogP contribution >= 0.6 is 0 Å². The molecule has 0 aliphatic heterocycles. The van der Waals surface area contributed by atoms with Crippen molar-refractivity contribution in [2.75, 3.05) is 0 Å². The van der Waals surface area contributed by atoms with E-state index in [1.807, 2.05) is 20.2 Å². The highest BCUT2D eigenvalue weighted by Gasteiger charge is 2.10. The van der Waals surface area contributed by atoms with E-state index in [4.69, 9.17) is 5.73 Å². The monoisotopic (exact) mass is 168 g/mol. The van der Waals surface area contributed by atoms with Crippen LogP contribution in [-0.4, -0.2) is 21.0 Å². The summed E-state index contributed by atoms with van der Waals surface area (Å²) < 4.78 is 1.71. The molecule has 0 bridgehead atoms. The van der Waals surface area contributed by atoms with E-state index in [9.17, 15) is 0 Å². The van der Waals surface area contributed by atoms with Gasteiger partial charge in [0.25, 0.3) is 0 Å². The van der Waals surface area contributed by atoms with Crippen LogP contribution in [0.3, 0.4) is 0 Å². The number of hydrogen-bond acceptors (Lipinski definition) is 3. The van der Waals surface area contributed by atoms with Gasteiger partial charge in [-0.25, -0.2) is 0 Å². The predicted molar refractivity (Wildman–Crippen MR) is 47.5 cm³/mol. The number of nitrogens with zero attached hydrogens (tertiary/aromatic N) is 3. The van der Waals surface area contributed by atoms with Crippen molar-refractivity contribution >= 4 is 0 Å². The number of aryl methyl sites for hydroxylation is 1. The lowest BCUT2D eigenvalue weighted by atomic mass is 9.99. The number of rotatable bonds is 3. The maximum absolute atomic E-state index is 5.74. The van der Waals surface area contributed by atoms with Gasteiger partial charge in [-0.2, -0.15) is 0 Å². The Bertz CT molecular complexity index is 241. The number of nitrogens with two attached hydrogens (primary N) is 1. The molecule has 0 saturated carbocycles. The molecule has 1 rings (SSSR count). The first-order valence-corrected chi connectivity index (χ1v) is 4.20. The minimum absolute atomic E-state index is 0.215. The summed E-state index contributed by atoms with van der Waals surface area (Å²) in [6.45, 7) is 4.14. The molecule has 0 fully saturated rings. The van der Waals surface area contributed by atoms with E-state index in [0.29, 0.717) is 5.92 Å². The van der Waals surface area contributed by atoms with E-state index >= 15 is 0 Å². The van der Waals surface area contributed by atoms with Crippen molar-refractivity contribution in [1.82, 2.24) is 15.0 Å². The molecule has 4 heteroatoms. The topological polar surface area (TPSA) is 56.7 Å². The minimum atomic E-state index is 0.215. The molecule has 0 aliphatic rings. The van der Waals surface area contributed by atoms with Gasteiger partial charge in [0.15, 0.2) is 0 Å². The third-order valence-corrected chi connectivity index (χ3v) is 2.08. The minimum Gasteiger partial charge on any atom is -0.328 e. The number of aromatic nitrogens is 3. The van der Waals surface area contributed by atoms with Crippen molar-refractivity contribution in [2.24, 2.45) is 18.7 Å². The van der Waals surface area contributed by atoms with Gasteiger partial charge in [0.2, 0.25) is 0 Å². The van der Waals surface area contributed by atoms with Crippen LogP contribution < -0.4 is 5.73 Å². The number of hydrogen-bond donors (Lipinski definition) is 1. The molecular weight excluding hydrogens is 152 g/mol. The summed E-state index contributed by atoms with van der Waals surface area (Å²) in [4.78, 5) is 0. The Morgan fingerprint density at radius 3 is 2.67 bits per heavy atom. The highest BCUT2D eigenvalue weighted by molar-refractivity contribution is 4.94. The quantitative estimate of drug-likeness (QED) is 0.708. The first-order chi connectivity index (χ1) is 5.59. The summed E-state index contributed by atoms with van der Waals surface area (Å²) >= 11 is 0. The van der Waals surface area contributed by atoms with E-state index in [-0.39, 0.29) is 6.04 Å². The largest absolute Gasteiger partial charge is 0.328 e. The van der Waals surface area contributed by atoms with Crippen LogP contribution in [0.1, 0.15) is 19.5 Å². The highest BCUT2D eigenvalue weighted by atomic mass is 15.4. The molecule has 1 aromatic heterocycles. The molecule has 2 unspecified atom stereocenters. The van der Waals surface area contributed by atoms with Crippen LogP contribution in [0.4, 0.5) is 0 Å². The van der Waals surface area contributed by atoms with Crippen molar-refractivity contribution in [3.05, 3.63) is 11.9 Å². The van der Waals surface area contributed by atoms with Crippen molar-refractivity contribution in [2.45, 2.75) is 26.3 Å². The van der Waals surface area contributed by atoms with Gasteiger partial charge < -0.3 is 5.73 Å². The molecule has 0 aromatic carbocycles. The molecule has 0 spiro atoms. The zero-order chi connectivity index (χ0) is 9.14. The fourth-order valence-electron chi connectivity index (χ4n) is 1.00. The van der Waals surface area contributed by atoms with Crippen LogP contribution in [-0.2, 0) is 13.5 Å². The normalized spacial score (nSPS) is 16.0. The van der Waals surface area contributed by atoms with Gasteiger partial charge in [0.05, 0.1) is 5.69 Å². The van der Waals surface area contributed by atoms with Gasteiger partial charge in [-0.3, -0.25) is 4.68 Å². The molecule has 0 radical (unpaired) electrons. The molecule has 1 heterocycles. The average molecular weight is 168 g/mol. The highest BCUT2D eigenvalue weighted by Crippen LogP contribution is 2.07. The Labute approximate surface area is 72.8 Å². The van der Waals surface area contributed by atoms with Gasteiger partial charge in [-0.1, -0.05) is 12.1 Å². The van der Waals surface area contributed by atoms with Crippen LogP contribution in [0.5, 0.6) is 0 Å². The van der Waals surface area contributed by atoms with Gasteiger partial charge in [0, 0.05) is 19.3 Å². The Balaban J connectivity index is 2.52. The van der Waals surface area contributed by atoms with E-state index in [2.05, 4.69) is 17.2 Å². The van der Waals surface area contributed by atoms with Crippen LogP contribution in [0.2, 0.25) is 0 Å². The Morgan fingerprint density at radius 2 is 2.25 bits per heavy atom. The fourth-order valence-corrected chi connectivity index (χ4v) is 1.00. The lowest BCUT2D eigenvalue weighted by Gasteiger charge is -2.12. The first-order valence-electron chi connectivity index (χ1n) is 4.20. The SMILES string of the molecule is CC(N)C(C)Cc1cn(C)nn1. The van der Waals surface area contributed by atoms with Gasteiger partial charge in [0.1, 0.15) is 0 Å². The van der Waals surface area contributed by atoms with Crippen molar-refractivity contribution in [1.29, 1.82) is 0 Å². The summed E-state index contributed by atoms with van der Waals surface area (Å²) in [6, 6.07) is 0.215. The second kappa shape index (κ2) is 3.67. The standard InChI is InChI=1S/C8H16N4/c1-6(7(2)9)4-8-5-12(3)11-10-8/h5-7H,4,9H2,1-3H3. The van der Waals surface area contributed by atoms with E-state index < -0.39 is 0 Å². The molecule has 2 N–H and O–H groups in total. The summed E-state index contributed by atoms with van der Waals surface area (Å²) in [6.07, 6.45) is 2.84. The Morgan fingerprint density at radius 1 is 1.58 bits per heavy atom. The zero-order valence-electron chi connectivity index (χ0n) is 7.86. The van der Waals surface area contributed by atoms with Crippen LogP contribution in [0.25, 0.3) is 0 Å². The van der Waals surface area contributed by atoms with Crippen LogP contribution in [0, 0.1) is 5.92 Å². The first kappa shape index (κ1) is 9.19. The molecular formula is C8H16N4. The summed E-state index contributed by atoms with van der Waals surface area (Å²) in [5, 5.41) is 7.85. The van der Waals surface area contributed by atoms with Crippen molar-refractivity contribution < 1.29 is 0 Å². The van der Waals surface area contributed by atoms with E-state index in [1.165, 1.54) is 0 Å². The van der Waals surface area contributed by atoms with Gasteiger partial charge >= 0.3 is 0 Å². The lowest BCUT2D eigenvalue weighted by Crippen LogP contribution is -2.25. The molecule has 0 amide bonds.